The maximum Gasteiger partial charge on any atom is 0.0643 e. The topological polar surface area (TPSA) is 56.3 Å². The van der Waals surface area contributed by atoms with E-state index in [9.17, 15) is 9.90 Å². The highest BCUT2D eigenvalue weighted by molar-refractivity contribution is 6.04. The van der Waals surface area contributed by atoms with Crippen LogP contribution in [0.2, 0.25) is 0 Å². The molecule has 0 N–H and O–H groups in total. The molecule has 0 saturated heterocycles. The number of rotatable bonds is 4. The number of carbonyl (C=O) groups is 1. The van der Waals surface area contributed by atoms with Gasteiger partial charge >= 0.3 is 0 Å². The third-order valence-corrected chi connectivity index (χ3v) is 3.91. The summed E-state index contributed by atoms with van der Waals surface area (Å²) >= 11 is 0. The molecular weight excluding hydrogens is 300 g/mol. The van der Waals surface area contributed by atoms with Gasteiger partial charge in [-0.3, -0.25) is 4.98 Å². The molecule has 0 fully saturated rings. The summed E-state index contributed by atoms with van der Waals surface area (Å²) in [5.74, 6) is -1.21. The maximum atomic E-state index is 10.8. The summed E-state index contributed by atoms with van der Waals surface area (Å²) in [5.41, 5.74) is 3.90. The molecule has 0 saturated carbocycles. The molecule has 1 aromatic heterocycles. The number of carboxylic acids is 1. The summed E-state index contributed by atoms with van der Waals surface area (Å²) in [6.45, 7) is 0. The van der Waals surface area contributed by atoms with Crippen LogP contribution in [0.25, 0.3) is 28.0 Å². The lowest BCUT2D eigenvalue weighted by atomic mass is 9.94. The minimum Gasteiger partial charge on any atom is -0.545 e. The Morgan fingerprint density at radius 1 is 1.08 bits per heavy atom. The van der Waals surface area contributed by atoms with Crippen LogP contribution in [0, 0.1) is 0 Å². The van der Waals surface area contributed by atoms with Gasteiger partial charge < -0.3 is 14.8 Å². The summed E-state index contributed by atoms with van der Waals surface area (Å²) in [7, 11) is 3.97. The molecule has 3 aromatic rings. The fourth-order valence-corrected chi connectivity index (χ4v) is 2.88. The largest absolute Gasteiger partial charge is 0.545 e. The van der Waals surface area contributed by atoms with Crippen molar-refractivity contribution in [3.8, 4) is 11.1 Å². The Balaban J connectivity index is 2.32. The molecule has 0 atom stereocenters. The van der Waals surface area contributed by atoms with Crippen LogP contribution in [-0.4, -0.2) is 25.0 Å². The fraction of sp³-hybridized carbons (Fsp3) is 0.100. The number of carboxylic acid groups (broad SMARTS) is 1. The molecule has 24 heavy (non-hydrogen) atoms. The smallest absolute Gasteiger partial charge is 0.0643 e. The number of nitrogens with zero attached hydrogens (tertiary/aromatic N) is 2. The summed E-state index contributed by atoms with van der Waals surface area (Å²) in [5, 5.41) is 12.8. The van der Waals surface area contributed by atoms with E-state index in [0.29, 0.717) is 0 Å². The molecule has 1 heterocycles. The third kappa shape index (κ3) is 2.99. The standard InChI is InChI=1S/C20H18N2O2/c1-22(2)18-11-12-21-13-17(18)16-8-4-7-14-5-3-6-15(20(14)16)9-10-19(23)24/h3-13H,1-2H3,(H,23,24)/p-1/b10-9+. The van der Waals surface area contributed by atoms with Gasteiger partial charge in [-0.05, 0) is 34.0 Å². The van der Waals surface area contributed by atoms with E-state index in [2.05, 4.69) is 4.98 Å². The van der Waals surface area contributed by atoms with Crippen LogP contribution in [0.1, 0.15) is 5.56 Å². The van der Waals surface area contributed by atoms with Crippen LogP contribution in [0.4, 0.5) is 5.69 Å². The highest BCUT2D eigenvalue weighted by Crippen LogP contribution is 2.36. The van der Waals surface area contributed by atoms with Gasteiger partial charge in [-0.15, -0.1) is 0 Å². The zero-order valence-electron chi connectivity index (χ0n) is 13.6. The Hall–Kier alpha value is -3.14. The van der Waals surface area contributed by atoms with E-state index >= 15 is 0 Å². The van der Waals surface area contributed by atoms with Gasteiger partial charge in [-0.25, -0.2) is 0 Å². The van der Waals surface area contributed by atoms with Crippen molar-refractivity contribution in [3.05, 3.63) is 66.5 Å². The molecule has 0 aliphatic carbocycles. The van der Waals surface area contributed by atoms with Crippen molar-refractivity contribution in [1.82, 2.24) is 4.98 Å². The zero-order valence-corrected chi connectivity index (χ0v) is 13.6. The van der Waals surface area contributed by atoms with Gasteiger partial charge in [0.25, 0.3) is 0 Å². The highest BCUT2D eigenvalue weighted by atomic mass is 16.4. The van der Waals surface area contributed by atoms with Gasteiger partial charge in [0.1, 0.15) is 0 Å². The Morgan fingerprint density at radius 2 is 1.83 bits per heavy atom. The van der Waals surface area contributed by atoms with Gasteiger partial charge in [0, 0.05) is 37.7 Å². The first-order valence-corrected chi connectivity index (χ1v) is 7.60. The number of pyridine rings is 1. The predicted molar refractivity (Wildman–Crippen MR) is 95.5 cm³/mol. The van der Waals surface area contributed by atoms with Gasteiger partial charge in [-0.2, -0.15) is 0 Å². The molecule has 2 aromatic carbocycles. The van der Waals surface area contributed by atoms with Crippen molar-refractivity contribution in [2.24, 2.45) is 0 Å². The fourth-order valence-electron chi connectivity index (χ4n) is 2.88. The van der Waals surface area contributed by atoms with Crippen molar-refractivity contribution in [2.75, 3.05) is 19.0 Å². The van der Waals surface area contributed by atoms with E-state index in [1.165, 1.54) is 0 Å². The van der Waals surface area contributed by atoms with Crippen LogP contribution in [0.5, 0.6) is 0 Å². The Kier molecular flexibility index (Phi) is 4.29. The SMILES string of the molecule is CN(C)c1ccncc1-c1cccc2cccc(/C=C/C(=O)[O-])c12. The first-order valence-electron chi connectivity index (χ1n) is 7.60. The molecule has 0 aliphatic heterocycles. The maximum absolute atomic E-state index is 10.8. The van der Waals surface area contributed by atoms with Crippen molar-refractivity contribution in [3.63, 3.8) is 0 Å². The highest BCUT2D eigenvalue weighted by Gasteiger charge is 2.12. The van der Waals surface area contributed by atoms with E-state index in [0.717, 1.165) is 39.2 Å². The van der Waals surface area contributed by atoms with Gasteiger partial charge in [0.05, 0.1) is 5.97 Å². The van der Waals surface area contributed by atoms with E-state index in [-0.39, 0.29) is 0 Å². The van der Waals surface area contributed by atoms with Crippen molar-refractivity contribution < 1.29 is 9.90 Å². The van der Waals surface area contributed by atoms with Crippen LogP contribution in [0.15, 0.2) is 60.9 Å². The predicted octanol–water partition coefficient (Wildman–Crippen LogP) is 2.73. The molecule has 0 bridgehead atoms. The molecule has 4 nitrogen and oxygen atoms in total. The number of carbonyl (C=O) groups excluding carboxylic acids is 1. The summed E-state index contributed by atoms with van der Waals surface area (Å²) in [6.07, 6.45) is 6.23. The normalized spacial score (nSPS) is 11.1. The lowest BCUT2D eigenvalue weighted by molar-refractivity contribution is -0.297. The van der Waals surface area contributed by atoms with E-state index in [4.69, 9.17) is 0 Å². The molecule has 0 unspecified atom stereocenters. The minimum absolute atomic E-state index is 0.834. The number of aliphatic carboxylic acids is 1. The van der Waals surface area contributed by atoms with E-state index < -0.39 is 5.97 Å². The molecule has 0 aliphatic rings. The molecule has 0 spiro atoms. The van der Waals surface area contributed by atoms with E-state index in [1.807, 2.05) is 67.7 Å². The van der Waals surface area contributed by atoms with Crippen LogP contribution in [-0.2, 0) is 4.79 Å². The molecule has 0 radical (unpaired) electrons. The molecule has 0 amide bonds. The second kappa shape index (κ2) is 6.54. The summed E-state index contributed by atoms with van der Waals surface area (Å²) < 4.78 is 0. The number of anilines is 1. The molecule has 4 heteroatoms. The number of aromatic nitrogens is 1. The monoisotopic (exact) mass is 317 g/mol. The molecular formula is C20H17N2O2-. The summed E-state index contributed by atoms with van der Waals surface area (Å²) in [4.78, 5) is 17.1. The quantitative estimate of drug-likeness (QED) is 0.694. The zero-order chi connectivity index (χ0) is 17.1. The van der Waals surface area contributed by atoms with Crippen molar-refractivity contribution in [2.45, 2.75) is 0 Å². The Morgan fingerprint density at radius 3 is 2.54 bits per heavy atom. The Bertz CT molecular complexity index is 925. The first kappa shape index (κ1) is 15.7. The lowest BCUT2D eigenvalue weighted by Crippen LogP contribution is -2.18. The minimum atomic E-state index is -1.21. The van der Waals surface area contributed by atoms with Gasteiger partial charge in [0.15, 0.2) is 0 Å². The third-order valence-electron chi connectivity index (χ3n) is 3.91. The van der Waals surface area contributed by atoms with Crippen molar-refractivity contribution in [1.29, 1.82) is 0 Å². The first-order chi connectivity index (χ1) is 11.6. The number of hydrogen-bond donors (Lipinski definition) is 0. The summed E-state index contributed by atoms with van der Waals surface area (Å²) in [6, 6.07) is 13.8. The second-order valence-corrected chi connectivity index (χ2v) is 5.69. The van der Waals surface area contributed by atoms with Crippen LogP contribution in [0.3, 0.4) is 0 Å². The van der Waals surface area contributed by atoms with Gasteiger partial charge in [0.2, 0.25) is 0 Å². The van der Waals surface area contributed by atoms with Crippen molar-refractivity contribution >= 4 is 28.5 Å². The number of benzene rings is 2. The van der Waals surface area contributed by atoms with E-state index in [1.54, 1.807) is 12.3 Å². The van der Waals surface area contributed by atoms with Crippen LogP contribution < -0.4 is 10.0 Å². The molecule has 120 valence electrons. The molecule has 3 rings (SSSR count). The average Bonchev–Trinajstić information content (AvgIpc) is 2.59. The number of fused-ring (bicyclic) bond motifs is 1. The van der Waals surface area contributed by atoms with Crippen LogP contribution >= 0.6 is 0 Å². The van der Waals surface area contributed by atoms with Gasteiger partial charge in [-0.1, -0.05) is 42.5 Å². The number of hydrogen-bond acceptors (Lipinski definition) is 4. The second-order valence-electron chi connectivity index (χ2n) is 5.69. The average molecular weight is 317 g/mol. The Labute approximate surface area is 140 Å². The lowest BCUT2D eigenvalue weighted by Gasteiger charge is -2.18.